The van der Waals surface area contributed by atoms with Crippen LogP contribution in [0.1, 0.15) is 20.1 Å². The van der Waals surface area contributed by atoms with Crippen LogP contribution in [0.2, 0.25) is 0 Å². The number of fused-ring (bicyclic) bond motifs is 1. The summed E-state index contributed by atoms with van der Waals surface area (Å²) in [4.78, 5) is 11.9. The number of nitrogens with two attached hydrogens (primary N) is 1. The van der Waals surface area contributed by atoms with Crippen molar-refractivity contribution in [2.45, 2.75) is 38.4 Å². The highest BCUT2D eigenvalue weighted by Crippen LogP contribution is 2.31. The number of allylic oxidation sites excluding steroid dienone is 1. The molecule has 0 aliphatic carbocycles. The van der Waals surface area contributed by atoms with E-state index in [1.54, 1.807) is 0 Å². The van der Waals surface area contributed by atoms with Crippen molar-refractivity contribution in [2.75, 3.05) is 12.3 Å². The van der Waals surface area contributed by atoms with Crippen molar-refractivity contribution >= 4 is 17.0 Å². The zero-order valence-corrected chi connectivity index (χ0v) is 13.6. The first-order valence-electron chi connectivity index (χ1n) is 7.58. The minimum Gasteiger partial charge on any atom is -0.394 e. The Morgan fingerprint density at radius 3 is 2.54 bits per heavy atom. The van der Waals surface area contributed by atoms with E-state index in [4.69, 9.17) is 15.6 Å². The van der Waals surface area contributed by atoms with Gasteiger partial charge in [0.2, 0.25) is 0 Å². The molecular weight excluding hydrogens is 314 g/mol. The number of aliphatic hydroxyl groups is 3. The highest BCUT2D eigenvalue weighted by molar-refractivity contribution is 5.81. The zero-order chi connectivity index (χ0) is 17.9. The first-order chi connectivity index (χ1) is 11.4. The zero-order valence-electron chi connectivity index (χ0n) is 13.6. The highest BCUT2D eigenvalue weighted by atomic mass is 16.6. The largest absolute Gasteiger partial charge is 0.394 e. The Bertz CT molecular complexity index is 690. The van der Waals surface area contributed by atoms with E-state index in [-0.39, 0.29) is 5.82 Å². The Hall–Kier alpha value is -2.07. The molecule has 24 heavy (non-hydrogen) atoms. The second kappa shape index (κ2) is 7.67. The van der Waals surface area contributed by atoms with Crippen LogP contribution in [0.5, 0.6) is 0 Å². The number of aliphatic hydroxyl groups excluding tert-OH is 3. The van der Waals surface area contributed by atoms with Crippen molar-refractivity contribution in [1.82, 2.24) is 19.5 Å². The molecule has 0 bridgehead atoms. The van der Waals surface area contributed by atoms with Gasteiger partial charge in [0.15, 0.2) is 17.7 Å². The molecule has 4 atom stereocenters. The molecule has 0 saturated carbocycles. The number of anilines is 1. The minimum atomic E-state index is -1.19. The summed E-state index contributed by atoms with van der Waals surface area (Å²) in [7, 11) is 0. The van der Waals surface area contributed by atoms with Crippen LogP contribution in [0.15, 0.2) is 25.3 Å². The van der Waals surface area contributed by atoms with Gasteiger partial charge in [-0.05, 0) is 5.92 Å². The van der Waals surface area contributed by atoms with Crippen molar-refractivity contribution in [2.24, 2.45) is 5.92 Å². The van der Waals surface area contributed by atoms with Crippen LogP contribution in [0.3, 0.4) is 0 Å². The van der Waals surface area contributed by atoms with E-state index >= 15 is 0 Å². The summed E-state index contributed by atoms with van der Waals surface area (Å²) in [6.45, 7) is 7.38. The molecule has 3 heterocycles. The molecule has 0 aromatic carbocycles. The Balaban J connectivity index is 0.000000368. The van der Waals surface area contributed by atoms with Crippen LogP contribution < -0.4 is 5.73 Å². The van der Waals surface area contributed by atoms with E-state index in [1.165, 1.54) is 17.2 Å². The van der Waals surface area contributed by atoms with E-state index in [0.717, 1.165) is 0 Å². The maximum Gasteiger partial charge on any atom is 0.167 e. The molecule has 1 fully saturated rings. The molecule has 2 aromatic rings. The lowest BCUT2D eigenvalue weighted by molar-refractivity contribution is -0.0511. The Labute approximate surface area is 139 Å². The van der Waals surface area contributed by atoms with Crippen LogP contribution in [-0.4, -0.2) is 59.8 Å². The monoisotopic (exact) mass is 337 g/mol. The number of aromatic nitrogens is 4. The van der Waals surface area contributed by atoms with E-state index < -0.39 is 31.1 Å². The lowest BCUT2D eigenvalue weighted by Crippen LogP contribution is -2.33. The van der Waals surface area contributed by atoms with Crippen molar-refractivity contribution in [3.05, 3.63) is 25.3 Å². The molecule has 1 saturated heterocycles. The fraction of sp³-hybridized carbons (Fsp3) is 0.533. The topological polar surface area (TPSA) is 140 Å². The lowest BCUT2D eigenvalue weighted by Gasteiger charge is -2.16. The first kappa shape index (κ1) is 18.3. The molecular formula is C15H23N5O4. The number of nitrogen functional groups attached to an aromatic ring is 1. The van der Waals surface area contributed by atoms with Crippen molar-refractivity contribution in [1.29, 1.82) is 0 Å². The molecule has 2 aromatic heterocycles. The number of nitrogens with zero attached hydrogens (tertiary/aromatic N) is 4. The first-order valence-corrected chi connectivity index (χ1v) is 7.58. The molecule has 0 amide bonds. The van der Waals surface area contributed by atoms with Gasteiger partial charge in [-0.3, -0.25) is 4.57 Å². The third-order valence-corrected chi connectivity index (χ3v) is 3.65. The third kappa shape index (κ3) is 3.54. The normalized spacial score (nSPS) is 26.4. The molecule has 132 valence electrons. The van der Waals surface area contributed by atoms with Crippen molar-refractivity contribution in [3.63, 3.8) is 0 Å². The maximum atomic E-state index is 9.95. The summed E-state index contributed by atoms with van der Waals surface area (Å²) in [5.41, 5.74) is 6.44. The summed E-state index contributed by atoms with van der Waals surface area (Å²) < 4.78 is 6.85. The van der Waals surface area contributed by atoms with E-state index in [0.29, 0.717) is 17.1 Å². The summed E-state index contributed by atoms with van der Waals surface area (Å²) in [6, 6.07) is 0. The standard InChI is InChI=1S/C10H13N5O4.C5H10/c11-8-5-9(13-2-12-8)15(3-14-5)10-7(18)6(17)4(1-16)19-10;1-4-5(2)3/h2-4,6-7,10,16-18H,1H2,(H2,11,12,13);4-5H,1H2,2-3H3/t4-,6-,7-,10-;/m1./s1. The molecule has 3 rings (SSSR count). The van der Waals surface area contributed by atoms with Gasteiger partial charge in [0.05, 0.1) is 12.9 Å². The van der Waals surface area contributed by atoms with Crippen molar-refractivity contribution < 1.29 is 20.1 Å². The Morgan fingerprint density at radius 2 is 2.00 bits per heavy atom. The molecule has 1 aliphatic heterocycles. The van der Waals surface area contributed by atoms with Gasteiger partial charge in [0, 0.05) is 0 Å². The average molecular weight is 337 g/mol. The number of hydrogen-bond donors (Lipinski definition) is 4. The summed E-state index contributed by atoms with van der Waals surface area (Å²) >= 11 is 0. The van der Waals surface area contributed by atoms with Crippen LogP contribution in [0.25, 0.3) is 11.2 Å². The maximum absolute atomic E-state index is 9.95. The highest BCUT2D eigenvalue weighted by Gasteiger charge is 2.43. The van der Waals surface area contributed by atoms with Crippen molar-refractivity contribution in [3.8, 4) is 0 Å². The van der Waals surface area contributed by atoms with E-state index in [1.807, 2.05) is 6.08 Å². The van der Waals surface area contributed by atoms with Gasteiger partial charge in [-0.1, -0.05) is 19.9 Å². The Morgan fingerprint density at radius 1 is 1.33 bits per heavy atom. The smallest absolute Gasteiger partial charge is 0.167 e. The average Bonchev–Trinajstić information content (AvgIpc) is 3.11. The fourth-order valence-electron chi connectivity index (χ4n) is 2.17. The summed E-state index contributed by atoms with van der Waals surface area (Å²) in [5.74, 6) is 0.866. The molecule has 0 radical (unpaired) electrons. The molecule has 5 N–H and O–H groups in total. The van der Waals surface area contributed by atoms with Crippen LogP contribution in [0.4, 0.5) is 5.82 Å². The van der Waals surface area contributed by atoms with Crippen LogP contribution >= 0.6 is 0 Å². The molecule has 0 unspecified atom stereocenters. The molecule has 9 nitrogen and oxygen atoms in total. The number of hydrogen-bond acceptors (Lipinski definition) is 8. The summed E-state index contributed by atoms with van der Waals surface area (Å²) in [5, 5.41) is 28.7. The SMILES string of the molecule is C=CC(C)C.Nc1ncnc2c1ncn2[C@@H]1O[C@H](CO)[C@@H](O)[C@H]1O. The third-order valence-electron chi connectivity index (χ3n) is 3.65. The van der Waals surface area contributed by atoms with Gasteiger partial charge in [-0.15, -0.1) is 6.58 Å². The number of imidazole rings is 1. The quantitative estimate of drug-likeness (QED) is 0.567. The number of ether oxygens (including phenoxy) is 1. The van der Waals surface area contributed by atoms with E-state index in [2.05, 4.69) is 35.4 Å². The molecule has 1 aliphatic rings. The van der Waals surface area contributed by atoms with Gasteiger partial charge in [0.25, 0.3) is 0 Å². The van der Waals surface area contributed by atoms with Gasteiger partial charge >= 0.3 is 0 Å². The van der Waals surface area contributed by atoms with Crippen LogP contribution in [0, 0.1) is 5.92 Å². The number of rotatable bonds is 3. The second-order valence-corrected chi connectivity index (χ2v) is 5.79. The summed E-state index contributed by atoms with van der Waals surface area (Å²) in [6.07, 6.45) is 0.494. The van der Waals surface area contributed by atoms with E-state index in [9.17, 15) is 10.2 Å². The molecule has 9 heteroatoms. The second-order valence-electron chi connectivity index (χ2n) is 5.79. The fourth-order valence-corrected chi connectivity index (χ4v) is 2.17. The minimum absolute atomic E-state index is 0.218. The van der Waals surface area contributed by atoms with Gasteiger partial charge in [-0.2, -0.15) is 0 Å². The molecule has 0 spiro atoms. The predicted octanol–water partition coefficient (Wildman–Crippen LogP) is -0.152. The Kier molecular flexibility index (Phi) is 5.84. The van der Waals surface area contributed by atoms with Crippen LogP contribution in [-0.2, 0) is 4.74 Å². The lowest BCUT2D eigenvalue weighted by atomic mass is 10.1. The predicted molar refractivity (Wildman–Crippen MR) is 87.8 cm³/mol. The van der Waals surface area contributed by atoms with Gasteiger partial charge in [-0.25, -0.2) is 15.0 Å². The van der Waals surface area contributed by atoms with Gasteiger partial charge in [0.1, 0.15) is 30.2 Å². The van der Waals surface area contributed by atoms with Gasteiger partial charge < -0.3 is 25.8 Å².